The second-order valence-corrected chi connectivity index (χ2v) is 10.0. The van der Waals surface area contributed by atoms with Crippen LogP contribution in [0.1, 0.15) is 10.6 Å². The lowest BCUT2D eigenvalue weighted by molar-refractivity contribution is -0.133. The molecule has 34 heavy (non-hydrogen) atoms. The van der Waals surface area contributed by atoms with E-state index in [4.69, 9.17) is 27.7 Å². The van der Waals surface area contributed by atoms with Gasteiger partial charge in [-0.25, -0.2) is 4.98 Å². The van der Waals surface area contributed by atoms with Crippen molar-refractivity contribution in [2.45, 2.75) is 13.1 Å². The van der Waals surface area contributed by atoms with E-state index in [9.17, 15) is 13.2 Å². The number of hydrogen-bond donors (Lipinski definition) is 0. The van der Waals surface area contributed by atoms with Crippen molar-refractivity contribution in [2.75, 3.05) is 0 Å². The van der Waals surface area contributed by atoms with Gasteiger partial charge in [-0.3, -0.25) is 0 Å². The monoisotopic (exact) mass is 536 g/mol. The first kappa shape index (κ1) is 23.1. The fraction of sp³-hybridized carbons (Fsp3) is 0.0833. The molecule has 0 amide bonds. The molecule has 0 saturated heterocycles. The van der Waals surface area contributed by atoms with Gasteiger partial charge in [0.15, 0.2) is 0 Å². The highest BCUT2D eigenvalue weighted by molar-refractivity contribution is 7.17. The van der Waals surface area contributed by atoms with Gasteiger partial charge in [-0.2, -0.15) is 13.2 Å². The summed E-state index contributed by atoms with van der Waals surface area (Å²) in [5.74, 6) is 0.499. The molecule has 0 atom stereocenters. The van der Waals surface area contributed by atoms with Gasteiger partial charge in [-0.1, -0.05) is 64.8 Å². The third kappa shape index (κ3) is 4.15. The van der Waals surface area contributed by atoms with E-state index in [1.165, 1.54) is 17.4 Å². The molecule has 3 aromatic heterocycles. The van der Waals surface area contributed by atoms with Crippen LogP contribution in [0.2, 0.25) is 10.0 Å². The molecule has 0 unspecified atom stereocenters. The molecule has 0 aliphatic carbocycles. The summed E-state index contributed by atoms with van der Waals surface area (Å²) in [6.45, 7) is 1.73. The average Bonchev–Trinajstić information content (AvgIpc) is 3.52. The van der Waals surface area contributed by atoms with Crippen LogP contribution in [0.4, 0.5) is 13.2 Å². The third-order valence-corrected chi connectivity index (χ3v) is 7.80. The Labute approximate surface area is 210 Å². The van der Waals surface area contributed by atoms with Crippen molar-refractivity contribution < 1.29 is 17.7 Å². The number of hydrogen-bond acceptors (Lipinski definition) is 5. The Hall–Kier alpha value is -2.65. The van der Waals surface area contributed by atoms with Gasteiger partial charge in [0.2, 0.25) is 0 Å². The summed E-state index contributed by atoms with van der Waals surface area (Å²) in [7, 11) is 0. The molecule has 172 valence electrons. The number of thiophene rings is 1. The predicted molar refractivity (Wildman–Crippen MR) is 132 cm³/mol. The van der Waals surface area contributed by atoms with Crippen LogP contribution in [0, 0.1) is 6.92 Å². The molecule has 0 spiro atoms. The Morgan fingerprint density at radius 2 is 1.65 bits per heavy atom. The molecule has 0 radical (unpaired) electrons. The molecular weight excluding hydrogens is 524 g/mol. The zero-order valence-electron chi connectivity index (χ0n) is 17.3. The summed E-state index contributed by atoms with van der Waals surface area (Å²) in [6, 6.07) is 15.2. The normalized spacial score (nSPS) is 11.8. The van der Waals surface area contributed by atoms with E-state index >= 15 is 0 Å². The van der Waals surface area contributed by atoms with Gasteiger partial charge in [0.1, 0.15) is 21.3 Å². The standard InChI is InChI=1S/C24H13Cl2F3N2OS2/c1-12-19(21(31-32-12)20-15(25)8-5-9-16(20)26)23-30-17(11-33-23)18-10-14(13-6-3-2-4-7-13)22(34-18)24(27,28)29/h2-11H,1H3. The average molecular weight is 537 g/mol. The molecule has 10 heteroatoms. The van der Waals surface area contributed by atoms with Gasteiger partial charge in [0.05, 0.1) is 26.2 Å². The number of benzene rings is 2. The van der Waals surface area contributed by atoms with Crippen LogP contribution in [0.3, 0.4) is 0 Å². The molecule has 3 heterocycles. The molecule has 0 bridgehead atoms. The maximum atomic E-state index is 13.8. The van der Waals surface area contributed by atoms with Crippen molar-refractivity contribution in [3.63, 3.8) is 0 Å². The number of alkyl halides is 3. The number of rotatable bonds is 4. The van der Waals surface area contributed by atoms with Gasteiger partial charge < -0.3 is 4.52 Å². The third-order valence-electron chi connectivity index (χ3n) is 5.11. The van der Waals surface area contributed by atoms with E-state index in [2.05, 4.69) is 10.1 Å². The van der Waals surface area contributed by atoms with E-state index in [1.807, 2.05) is 0 Å². The van der Waals surface area contributed by atoms with Crippen LogP contribution in [0.25, 0.3) is 43.5 Å². The highest BCUT2D eigenvalue weighted by atomic mass is 35.5. The van der Waals surface area contributed by atoms with E-state index in [1.54, 1.807) is 60.8 Å². The predicted octanol–water partition coefficient (Wildman–Crippen LogP) is 9.49. The molecule has 0 fully saturated rings. The number of nitrogens with zero attached hydrogens (tertiary/aromatic N) is 2. The first-order valence-corrected chi connectivity index (χ1v) is 12.3. The Kier molecular flexibility index (Phi) is 6.02. The minimum absolute atomic E-state index is 0.132. The molecule has 5 aromatic rings. The van der Waals surface area contributed by atoms with Crippen molar-refractivity contribution >= 4 is 45.9 Å². The Bertz CT molecular complexity index is 1470. The number of aryl methyl sites for hydroxylation is 1. The van der Waals surface area contributed by atoms with Gasteiger partial charge >= 0.3 is 6.18 Å². The van der Waals surface area contributed by atoms with Crippen molar-refractivity contribution in [1.82, 2.24) is 10.1 Å². The highest BCUT2D eigenvalue weighted by Gasteiger charge is 2.37. The molecule has 0 aliphatic heterocycles. The summed E-state index contributed by atoms with van der Waals surface area (Å²) in [4.78, 5) is 4.39. The fourth-order valence-electron chi connectivity index (χ4n) is 3.58. The molecular formula is C24H13Cl2F3N2OS2. The van der Waals surface area contributed by atoms with Crippen LogP contribution in [-0.4, -0.2) is 10.1 Å². The summed E-state index contributed by atoms with van der Waals surface area (Å²) in [6.07, 6.45) is -4.48. The first-order valence-electron chi connectivity index (χ1n) is 9.87. The van der Waals surface area contributed by atoms with Crippen molar-refractivity contribution in [1.29, 1.82) is 0 Å². The van der Waals surface area contributed by atoms with Crippen molar-refractivity contribution in [3.05, 3.63) is 80.7 Å². The largest absolute Gasteiger partial charge is 0.426 e. The quantitative estimate of drug-likeness (QED) is 0.229. The Morgan fingerprint density at radius 3 is 2.32 bits per heavy atom. The van der Waals surface area contributed by atoms with Crippen LogP contribution in [0.5, 0.6) is 0 Å². The molecule has 5 rings (SSSR count). The van der Waals surface area contributed by atoms with E-state index in [-0.39, 0.29) is 5.56 Å². The lowest BCUT2D eigenvalue weighted by Crippen LogP contribution is -2.03. The van der Waals surface area contributed by atoms with Crippen molar-refractivity contribution in [2.24, 2.45) is 0 Å². The second kappa shape index (κ2) is 8.85. The molecule has 0 saturated carbocycles. The fourth-order valence-corrected chi connectivity index (χ4v) is 6.15. The van der Waals surface area contributed by atoms with Crippen LogP contribution < -0.4 is 0 Å². The smallest absolute Gasteiger partial charge is 0.360 e. The van der Waals surface area contributed by atoms with E-state index in [0.29, 0.717) is 65.1 Å². The number of aromatic nitrogens is 2. The number of halogens is 5. The second-order valence-electron chi connectivity index (χ2n) is 7.31. The topological polar surface area (TPSA) is 38.9 Å². The van der Waals surface area contributed by atoms with Gasteiger partial charge in [0, 0.05) is 16.5 Å². The summed E-state index contributed by atoms with van der Waals surface area (Å²) in [5, 5.41) is 7.20. The Morgan fingerprint density at radius 1 is 0.941 bits per heavy atom. The lowest BCUT2D eigenvalue weighted by Gasteiger charge is -2.07. The maximum Gasteiger partial charge on any atom is 0.426 e. The summed E-state index contributed by atoms with van der Waals surface area (Å²) in [5.41, 5.74) is 2.61. The molecule has 0 aliphatic rings. The maximum absolute atomic E-state index is 13.8. The minimum Gasteiger partial charge on any atom is -0.360 e. The van der Waals surface area contributed by atoms with Gasteiger partial charge in [-0.05, 0) is 30.7 Å². The van der Waals surface area contributed by atoms with Crippen LogP contribution in [-0.2, 0) is 6.18 Å². The van der Waals surface area contributed by atoms with Crippen LogP contribution in [0.15, 0.2) is 64.5 Å². The van der Waals surface area contributed by atoms with Crippen molar-refractivity contribution in [3.8, 4) is 43.5 Å². The zero-order chi connectivity index (χ0) is 24.0. The van der Waals surface area contributed by atoms with E-state index < -0.39 is 11.1 Å². The first-order chi connectivity index (χ1) is 16.2. The zero-order valence-corrected chi connectivity index (χ0v) is 20.4. The molecule has 2 aromatic carbocycles. The van der Waals surface area contributed by atoms with E-state index in [0.717, 1.165) is 0 Å². The lowest BCUT2D eigenvalue weighted by atomic mass is 10.1. The minimum atomic E-state index is -4.48. The summed E-state index contributed by atoms with van der Waals surface area (Å²) < 4.78 is 46.8. The summed E-state index contributed by atoms with van der Waals surface area (Å²) >= 11 is 14.7. The highest BCUT2D eigenvalue weighted by Crippen LogP contribution is 2.47. The number of thiazole rings is 1. The van der Waals surface area contributed by atoms with Gasteiger partial charge in [-0.15, -0.1) is 22.7 Å². The van der Waals surface area contributed by atoms with Crippen LogP contribution >= 0.6 is 45.9 Å². The molecule has 0 N–H and O–H groups in total. The van der Waals surface area contributed by atoms with Gasteiger partial charge in [0.25, 0.3) is 0 Å². The molecule has 3 nitrogen and oxygen atoms in total. The Balaban J connectivity index is 1.61. The SMILES string of the molecule is Cc1onc(-c2c(Cl)cccc2Cl)c1-c1nc(-c2cc(-c3ccccc3)c(C(F)(F)F)s2)cs1.